The maximum absolute atomic E-state index is 12.7. The number of anilines is 2. The van der Waals surface area contributed by atoms with E-state index in [1.54, 1.807) is 50.4 Å². The number of sulfonamides is 1. The van der Waals surface area contributed by atoms with Gasteiger partial charge in [-0.2, -0.15) is 9.97 Å². The first-order valence-electron chi connectivity index (χ1n) is 9.96. The molecule has 4 aromatic rings. The Bertz CT molecular complexity index is 1410. The van der Waals surface area contributed by atoms with Crippen LogP contribution in [0.3, 0.4) is 0 Å². The van der Waals surface area contributed by atoms with Crippen LogP contribution in [0, 0.1) is 13.8 Å². The smallest absolute Gasteiger partial charge is 0.262 e. The summed E-state index contributed by atoms with van der Waals surface area (Å²) in [6.45, 7) is 3.42. The first kappa shape index (κ1) is 22.0. The number of rotatable bonds is 6. The zero-order valence-corrected chi connectivity index (χ0v) is 18.7. The van der Waals surface area contributed by atoms with E-state index in [1.807, 2.05) is 6.07 Å². The van der Waals surface area contributed by atoms with Gasteiger partial charge in [-0.15, -0.1) is 0 Å². The Morgan fingerprint density at radius 1 is 0.848 bits per heavy atom. The lowest BCUT2D eigenvalue weighted by Crippen LogP contribution is -2.16. The Morgan fingerprint density at radius 3 is 2.27 bits per heavy atom. The van der Waals surface area contributed by atoms with Crippen LogP contribution >= 0.6 is 0 Å². The van der Waals surface area contributed by atoms with Crippen LogP contribution in [0.2, 0.25) is 0 Å². The van der Waals surface area contributed by atoms with Crippen molar-refractivity contribution in [2.75, 3.05) is 10.0 Å². The Kier molecular flexibility index (Phi) is 6.09. The predicted octanol–water partition coefficient (Wildman–Crippen LogP) is 3.60. The zero-order chi connectivity index (χ0) is 23.4. The number of carbonyl (C=O) groups is 1. The number of amides is 1. The van der Waals surface area contributed by atoms with Crippen LogP contribution in [0.25, 0.3) is 11.5 Å². The molecule has 1 amide bonds. The third kappa shape index (κ3) is 5.18. The molecule has 4 rings (SSSR count). The third-order valence-electron chi connectivity index (χ3n) is 4.65. The quantitative estimate of drug-likeness (QED) is 0.450. The maximum Gasteiger partial charge on any atom is 0.262 e. The van der Waals surface area contributed by atoms with Crippen molar-refractivity contribution in [1.29, 1.82) is 0 Å². The van der Waals surface area contributed by atoms with Gasteiger partial charge in [0, 0.05) is 17.4 Å². The standard InChI is InChI=1S/C23H20N6O3S/c1-15-7-3-4-9-20(15)33(31,32)29-18-12-10-17(11-13-18)22(30)28-23-26-16(2)25-21(27-23)19-8-5-6-14-24-19/h3-14,29H,1-2H3,(H,25,26,27,28,30). The van der Waals surface area contributed by atoms with Crippen molar-refractivity contribution in [3.8, 4) is 11.5 Å². The summed E-state index contributed by atoms with van der Waals surface area (Å²) in [7, 11) is -3.74. The van der Waals surface area contributed by atoms with E-state index in [0.29, 0.717) is 34.2 Å². The van der Waals surface area contributed by atoms with Gasteiger partial charge in [0.2, 0.25) is 5.95 Å². The molecule has 0 radical (unpaired) electrons. The molecule has 2 aromatic carbocycles. The van der Waals surface area contributed by atoms with Crippen LogP contribution in [0.5, 0.6) is 0 Å². The van der Waals surface area contributed by atoms with Crippen LogP contribution in [-0.2, 0) is 10.0 Å². The number of benzene rings is 2. The van der Waals surface area contributed by atoms with Crippen LogP contribution in [0.1, 0.15) is 21.7 Å². The predicted molar refractivity (Wildman–Crippen MR) is 124 cm³/mol. The average Bonchev–Trinajstić information content (AvgIpc) is 2.79. The van der Waals surface area contributed by atoms with Crippen molar-refractivity contribution < 1.29 is 13.2 Å². The monoisotopic (exact) mass is 460 g/mol. The fourth-order valence-electron chi connectivity index (χ4n) is 3.08. The SMILES string of the molecule is Cc1nc(NC(=O)c2ccc(NS(=O)(=O)c3ccccc3C)cc2)nc(-c2ccccn2)n1. The van der Waals surface area contributed by atoms with Crippen molar-refractivity contribution in [2.24, 2.45) is 0 Å². The molecule has 0 aliphatic rings. The van der Waals surface area contributed by atoms with Crippen LogP contribution in [0.15, 0.2) is 77.8 Å². The van der Waals surface area contributed by atoms with Crippen LogP contribution in [-0.4, -0.2) is 34.3 Å². The third-order valence-corrected chi connectivity index (χ3v) is 6.19. The molecule has 0 spiro atoms. The molecule has 2 N–H and O–H groups in total. The largest absolute Gasteiger partial charge is 0.290 e. The second-order valence-corrected chi connectivity index (χ2v) is 8.80. The molecule has 10 heteroatoms. The lowest BCUT2D eigenvalue weighted by molar-refractivity contribution is 0.102. The second-order valence-electron chi connectivity index (χ2n) is 7.15. The second kappa shape index (κ2) is 9.13. The normalized spacial score (nSPS) is 11.1. The highest BCUT2D eigenvalue weighted by Gasteiger charge is 2.17. The Morgan fingerprint density at radius 2 is 1.58 bits per heavy atom. The van der Waals surface area contributed by atoms with Crippen molar-refractivity contribution in [3.05, 3.63) is 89.9 Å². The minimum absolute atomic E-state index is 0.0949. The molecule has 0 saturated heterocycles. The summed E-state index contributed by atoms with van der Waals surface area (Å²) < 4.78 is 27.8. The molecule has 0 saturated carbocycles. The molecule has 2 heterocycles. The lowest BCUT2D eigenvalue weighted by atomic mass is 10.2. The molecule has 2 aromatic heterocycles. The molecule has 0 aliphatic heterocycles. The number of hydrogen-bond acceptors (Lipinski definition) is 7. The Balaban J connectivity index is 1.49. The number of pyridine rings is 1. The van der Waals surface area contributed by atoms with Crippen molar-refractivity contribution in [2.45, 2.75) is 18.7 Å². The van der Waals surface area contributed by atoms with Crippen LogP contribution < -0.4 is 10.0 Å². The number of aryl methyl sites for hydroxylation is 2. The molecule has 166 valence electrons. The number of hydrogen-bond donors (Lipinski definition) is 2. The molecule has 0 unspecified atom stereocenters. The summed E-state index contributed by atoms with van der Waals surface area (Å²) in [5.74, 6) is 0.430. The van der Waals surface area contributed by atoms with E-state index in [4.69, 9.17) is 0 Å². The van der Waals surface area contributed by atoms with Crippen molar-refractivity contribution in [1.82, 2.24) is 19.9 Å². The van der Waals surface area contributed by atoms with Crippen molar-refractivity contribution >= 4 is 27.6 Å². The number of nitrogens with zero attached hydrogens (tertiary/aromatic N) is 4. The summed E-state index contributed by atoms with van der Waals surface area (Å²) >= 11 is 0. The maximum atomic E-state index is 12.7. The zero-order valence-electron chi connectivity index (χ0n) is 17.9. The van der Waals surface area contributed by atoms with Gasteiger partial charge in [-0.05, 0) is 61.9 Å². The topological polar surface area (TPSA) is 127 Å². The van der Waals surface area contributed by atoms with E-state index in [2.05, 4.69) is 30.0 Å². The van der Waals surface area contributed by atoms with Gasteiger partial charge in [0.05, 0.1) is 4.90 Å². The van der Waals surface area contributed by atoms with Gasteiger partial charge in [0.15, 0.2) is 5.82 Å². The fraction of sp³-hybridized carbons (Fsp3) is 0.0870. The first-order valence-corrected chi connectivity index (χ1v) is 11.4. The minimum atomic E-state index is -3.74. The van der Waals surface area contributed by atoms with E-state index < -0.39 is 15.9 Å². The highest BCUT2D eigenvalue weighted by molar-refractivity contribution is 7.92. The summed E-state index contributed by atoms with van der Waals surface area (Å²) in [6.07, 6.45) is 1.63. The minimum Gasteiger partial charge on any atom is -0.290 e. The van der Waals surface area contributed by atoms with E-state index in [0.717, 1.165) is 0 Å². The number of aromatic nitrogens is 4. The first-order chi connectivity index (χ1) is 15.8. The fourth-order valence-corrected chi connectivity index (χ4v) is 4.38. The van der Waals surface area contributed by atoms with E-state index in [1.165, 1.54) is 30.3 Å². The lowest BCUT2D eigenvalue weighted by Gasteiger charge is -2.11. The van der Waals surface area contributed by atoms with Gasteiger partial charge in [-0.1, -0.05) is 24.3 Å². The van der Waals surface area contributed by atoms with Gasteiger partial charge in [-0.3, -0.25) is 19.8 Å². The molecule has 0 atom stereocenters. The van der Waals surface area contributed by atoms with Gasteiger partial charge in [0.25, 0.3) is 15.9 Å². The van der Waals surface area contributed by atoms with Gasteiger partial charge < -0.3 is 0 Å². The van der Waals surface area contributed by atoms with Gasteiger partial charge >= 0.3 is 0 Å². The molecular weight excluding hydrogens is 440 g/mol. The summed E-state index contributed by atoms with van der Waals surface area (Å²) in [6, 6.07) is 18.1. The van der Waals surface area contributed by atoms with E-state index >= 15 is 0 Å². The summed E-state index contributed by atoms with van der Waals surface area (Å²) in [4.78, 5) is 29.8. The molecule has 0 aliphatic carbocycles. The number of nitrogens with one attached hydrogen (secondary N) is 2. The van der Waals surface area contributed by atoms with Crippen molar-refractivity contribution in [3.63, 3.8) is 0 Å². The van der Waals surface area contributed by atoms with E-state index in [-0.39, 0.29) is 10.8 Å². The summed E-state index contributed by atoms with van der Waals surface area (Å²) in [5, 5.41) is 2.64. The van der Waals surface area contributed by atoms with Gasteiger partial charge in [-0.25, -0.2) is 13.4 Å². The van der Waals surface area contributed by atoms with Crippen LogP contribution in [0.4, 0.5) is 11.6 Å². The highest BCUT2D eigenvalue weighted by Crippen LogP contribution is 2.20. The molecule has 0 fully saturated rings. The van der Waals surface area contributed by atoms with Gasteiger partial charge in [0.1, 0.15) is 11.5 Å². The Hall–Kier alpha value is -4.18. The average molecular weight is 461 g/mol. The highest BCUT2D eigenvalue weighted by atomic mass is 32.2. The Labute approximate surface area is 191 Å². The molecular formula is C23H20N6O3S. The molecule has 9 nitrogen and oxygen atoms in total. The summed E-state index contributed by atoms with van der Waals surface area (Å²) in [5.41, 5.74) is 1.84. The van der Waals surface area contributed by atoms with E-state index in [9.17, 15) is 13.2 Å². The molecule has 33 heavy (non-hydrogen) atoms. The number of carbonyl (C=O) groups excluding carboxylic acids is 1. The molecule has 0 bridgehead atoms.